The minimum Gasteiger partial charge on any atom is -0.382 e. The van der Waals surface area contributed by atoms with Crippen LogP contribution in [0.15, 0.2) is 48.7 Å². The Kier molecular flexibility index (Phi) is 4.37. The van der Waals surface area contributed by atoms with Gasteiger partial charge in [0.2, 0.25) is 0 Å². The maximum absolute atomic E-state index is 12.6. The number of aromatic nitrogens is 1. The van der Waals surface area contributed by atoms with Crippen molar-refractivity contribution in [3.05, 3.63) is 54.4 Å². The molecule has 1 aromatic carbocycles. The third-order valence-corrected chi connectivity index (χ3v) is 4.15. The topological polar surface area (TPSA) is 45.2 Å². The molecule has 0 saturated heterocycles. The van der Waals surface area contributed by atoms with Crippen LogP contribution in [-0.2, 0) is 0 Å². The van der Waals surface area contributed by atoms with Crippen LogP contribution in [-0.4, -0.2) is 24.0 Å². The van der Waals surface area contributed by atoms with Gasteiger partial charge in [-0.1, -0.05) is 31.0 Å². The first-order valence-electron chi connectivity index (χ1n) is 7.80. The van der Waals surface area contributed by atoms with Gasteiger partial charge in [0.15, 0.2) is 0 Å². The highest BCUT2D eigenvalue weighted by atomic mass is 16.2. The van der Waals surface area contributed by atoms with Crippen LogP contribution in [0.4, 0.5) is 11.4 Å². The minimum atomic E-state index is -0.0960. The fourth-order valence-corrected chi connectivity index (χ4v) is 2.88. The molecule has 0 atom stereocenters. The van der Waals surface area contributed by atoms with Gasteiger partial charge in [0.05, 0.1) is 0 Å². The molecule has 0 spiro atoms. The van der Waals surface area contributed by atoms with E-state index in [1.807, 2.05) is 42.5 Å². The Morgan fingerprint density at radius 1 is 1.18 bits per heavy atom. The van der Waals surface area contributed by atoms with Crippen molar-refractivity contribution in [2.45, 2.75) is 31.7 Å². The van der Waals surface area contributed by atoms with Crippen molar-refractivity contribution in [2.75, 3.05) is 17.3 Å². The maximum Gasteiger partial charge on any atom is 0.276 e. The average Bonchev–Trinajstić information content (AvgIpc) is 3.07. The second kappa shape index (κ2) is 6.60. The number of hydrogen-bond acceptors (Lipinski definition) is 3. The molecule has 0 unspecified atom stereocenters. The molecule has 1 aromatic heterocycles. The monoisotopic (exact) mass is 295 g/mol. The van der Waals surface area contributed by atoms with Gasteiger partial charge in [0.1, 0.15) is 5.69 Å². The summed E-state index contributed by atoms with van der Waals surface area (Å²) in [4.78, 5) is 18.4. The third-order valence-electron chi connectivity index (χ3n) is 4.15. The number of benzene rings is 1. The quantitative estimate of drug-likeness (QED) is 0.935. The highest BCUT2D eigenvalue weighted by Gasteiger charge is 2.17. The van der Waals surface area contributed by atoms with Crippen molar-refractivity contribution in [1.82, 2.24) is 4.98 Å². The molecule has 22 heavy (non-hydrogen) atoms. The highest BCUT2D eigenvalue weighted by Crippen LogP contribution is 2.23. The molecule has 1 aliphatic rings. The molecule has 2 aromatic rings. The molecule has 1 saturated carbocycles. The molecule has 1 fully saturated rings. The van der Waals surface area contributed by atoms with E-state index in [-0.39, 0.29) is 5.91 Å². The Balaban J connectivity index is 1.74. The van der Waals surface area contributed by atoms with Crippen molar-refractivity contribution >= 4 is 17.3 Å². The van der Waals surface area contributed by atoms with Gasteiger partial charge in [0, 0.05) is 30.7 Å². The number of nitrogens with zero attached hydrogens (tertiary/aromatic N) is 2. The summed E-state index contributed by atoms with van der Waals surface area (Å²) >= 11 is 0. The Morgan fingerprint density at radius 2 is 1.91 bits per heavy atom. The molecular formula is C18H21N3O. The number of nitrogens with one attached hydrogen (secondary N) is 1. The van der Waals surface area contributed by atoms with Gasteiger partial charge >= 0.3 is 0 Å². The fourth-order valence-electron chi connectivity index (χ4n) is 2.88. The molecular weight excluding hydrogens is 274 g/mol. The smallest absolute Gasteiger partial charge is 0.276 e. The first-order valence-corrected chi connectivity index (χ1v) is 7.80. The SMILES string of the molecule is CN(C(=O)c1cc(NC2CCCC2)ccn1)c1ccccc1. The van der Waals surface area contributed by atoms with Crippen molar-refractivity contribution < 1.29 is 4.79 Å². The van der Waals surface area contributed by atoms with Crippen LogP contribution in [0.5, 0.6) is 0 Å². The van der Waals surface area contributed by atoms with Gasteiger partial charge < -0.3 is 10.2 Å². The third kappa shape index (κ3) is 3.27. The number of anilines is 2. The summed E-state index contributed by atoms with van der Waals surface area (Å²) in [5.41, 5.74) is 2.31. The van der Waals surface area contributed by atoms with Crippen LogP contribution in [0.3, 0.4) is 0 Å². The lowest BCUT2D eigenvalue weighted by Gasteiger charge is -2.18. The zero-order valence-electron chi connectivity index (χ0n) is 12.8. The minimum absolute atomic E-state index is 0.0960. The molecule has 0 aliphatic heterocycles. The van der Waals surface area contributed by atoms with Gasteiger partial charge in [-0.2, -0.15) is 0 Å². The normalized spacial score (nSPS) is 14.8. The van der Waals surface area contributed by atoms with Crippen LogP contribution >= 0.6 is 0 Å². The molecule has 1 N–H and O–H groups in total. The van der Waals surface area contributed by atoms with E-state index in [1.54, 1.807) is 18.1 Å². The zero-order valence-corrected chi connectivity index (χ0v) is 12.8. The van der Waals surface area contributed by atoms with E-state index in [2.05, 4.69) is 10.3 Å². The molecule has 1 aliphatic carbocycles. The largest absolute Gasteiger partial charge is 0.382 e. The predicted octanol–water partition coefficient (Wildman–Crippen LogP) is 3.71. The highest BCUT2D eigenvalue weighted by molar-refractivity contribution is 6.04. The second-order valence-corrected chi connectivity index (χ2v) is 5.76. The van der Waals surface area contributed by atoms with Crippen LogP contribution in [0.25, 0.3) is 0 Å². The Bertz CT molecular complexity index is 636. The van der Waals surface area contributed by atoms with Crippen LogP contribution in [0, 0.1) is 0 Å². The maximum atomic E-state index is 12.6. The molecule has 4 heteroatoms. The summed E-state index contributed by atoms with van der Waals surface area (Å²) in [7, 11) is 1.77. The van der Waals surface area contributed by atoms with E-state index in [9.17, 15) is 4.79 Å². The van der Waals surface area contributed by atoms with Gasteiger partial charge in [-0.25, -0.2) is 0 Å². The second-order valence-electron chi connectivity index (χ2n) is 5.76. The zero-order chi connectivity index (χ0) is 15.4. The average molecular weight is 295 g/mol. The molecule has 0 radical (unpaired) electrons. The predicted molar refractivity (Wildman–Crippen MR) is 89.3 cm³/mol. The molecule has 3 rings (SSSR count). The van der Waals surface area contributed by atoms with Crippen LogP contribution in [0.2, 0.25) is 0 Å². The number of carbonyl (C=O) groups excluding carboxylic acids is 1. The van der Waals surface area contributed by atoms with E-state index in [4.69, 9.17) is 0 Å². The first kappa shape index (κ1) is 14.6. The number of amides is 1. The van der Waals surface area contributed by atoms with E-state index in [0.29, 0.717) is 11.7 Å². The number of pyridine rings is 1. The fraction of sp³-hybridized carbons (Fsp3) is 0.333. The van der Waals surface area contributed by atoms with Gasteiger partial charge in [0.25, 0.3) is 5.91 Å². The summed E-state index contributed by atoms with van der Waals surface area (Å²) in [6.45, 7) is 0. The molecule has 0 bridgehead atoms. The molecule has 114 valence electrons. The summed E-state index contributed by atoms with van der Waals surface area (Å²) in [5.74, 6) is -0.0960. The summed E-state index contributed by atoms with van der Waals surface area (Å²) in [6, 6.07) is 13.9. The van der Waals surface area contributed by atoms with Gasteiger partial charge in [-0.3, -0.25) is 9.78 Å². The lowest BCUT2D eigenvalue weighted by Crippen LogP contribution is -2.27. The number of hydrogen-bond donors (Lipinski definition) is 1. The molecule has 1 heterocycles. The molecule has 1 amide bonds. The van der Waals surface area contributed by atoms with Crippen LogP contribution < -0.4 is 10.2 Å². The molecule has 4 nitrogen and oxygen atoms in total. The van der Waals surface area contributed by atoms with E-state index < -0.39 is 0 Å². The van der Waals surface area contributed by atoms with E-state index in [0.717, 1.165) is 11.4 Å². The van der Waals surface area contributed by atoms with E-state index in [1.165, 1.54) is 25.7 Å². The van der Waals surface area contributed by atoms with Gasteiger partial charge in [-0.05, 0) is 37.1 Å². The first-order chi connectivity index (χ1) is 10.7. The van der Waals surface area contributed by atoms with Crippen molar-refractivity contribution in [2.24, 2.45) is 0 Å². The lowest BCUT2D eigenvalue weighted by molar-refractivity contribution is 0.0988. The van der Waals surface area contributed by atoms with Crippen molar-refractivity contribution in [3.63, 3.8) is 0 Å². The van der Waals surface area contributed by atoms with Gasteiger partial charge in [-0.15, -0.1) is 0 Å². The Hall–Kier alpha value is -2.36. The standard InChI is InChI=1S/C18H21N3O/c1-21(16-9-3-2-4-10-16)18(22)17-13-15(11-12-19-17)20-14-7-5-6-8-14/h2-4,9-14H,5-8H2,1H3,(H,19,20). The lowest BCUT2D eigenvalue weighted by atomic mass is 10.2. The Labute approximate surface area is 131 Å². The van der Waals surface area contributed by atoms with E-state index >= 15 is 0 Å². The summed E-state index contributed by atoms with van der Waals surface area (Å²) in [5, 5.41) is 3.50. The van der Waals surface area contributed by atoms with Crippen molar-refractivity contribution in [3.8, 4) is 0 Å². The number of para-hydroxylation sites is 1. The Morgan fingerprint density at radius 3 is 2.64 bits per heavy atom. The number of carbonyl (C=O) groups is 1. The van der Waals surface area contributed by atoms with Crippen molar-refractivity contribution in [1.29, 1.82) is 0 Å². The summed E-state index contributed by atoms with van der Waals surface area (Å²) in [6.07, 6.45) is 6.67. The van der Waals surface area contributed by atoms with Crippen LogP contribution in [0.1, 0.15) is 36.2 Å². The summed E-state index contributed by atoms with van der Waals surface area (Å²) < 4.78 is 0. The number of rotatable bonds is 4.